The topological polar surface area (TPSA) is 51.0 Å². The Morgan fingerprint density at radius 3 is 2.62 bits per heavy atom. The molecule has 1 aromatic carbocycles. The highest BCUT2D eigenvalue weighted by Gasteiger charge is 2.19. The van der Waals surface area contributed by atoms with Crippen molar-refractivity contribution in [2.24, 2.45) is 0 Å². The fraction of sp³-hybridized carbons (Fsp3) is 0.188. The number of amides is 1. The summed E-state index contributed by atoms with van der Waals surface area (Å²) in [6.07, 6.45) is 0. The maximum atomic E-state index is 13.0. The molecule has 3 rings (SSSR count). The first-order chi connectivity index (χ1) is 11.4. The van der Waals surface area contributed by atoms with E-state index in [9.17, 15) is 9.18 Å². The fourth-order valence-electron chi connectivity index (χ4n) is 2.22. The van der Waals surface area contributed by atoms with Crippen molar-refractivity contribution < 1.29 is 9.18 Å². The molecule has 0 aliphatic heterocycles. The molecule has 2 aromatic heterocycles. The minimum absolute atomic E-state index is 0.0991. The SMILES string of the molecule is Cc1nc(C(=O)N(C)Cc2ccc(Cl)s2)nn1-c1ccc(F)cc1. The lowest BCUT2D eigenvalue weighted by Gasteiger charge is -2.13. The second kappa shape index (κ2) is 6.70. The van der Waals surface area contributed by atoms with Crippen LogP contribution in [0, 0.1) is 12.7 Å². The number of halogens is 2. The van der Waals surface area contributed by atoms with E-state index in [1.54, 1.807) is 32.2 Å². The van der Waals surface area contributed by atoms with Crippen LogP contribution in [0.4, 0.5) is 4.39 Å². The Morgan fingerprint density at radius 1 is 1.29 bits per heavy atom. The van der Waals surface area contributed by atoms with Crippen LogP contribution < -0.4 is 0 Å². The lowest BCUT2D eigenvalue weighted by Crippen LogP contribution is -2.27. The van der Waals surface area contributed by atoms with Gasteiger partial charge in [-0.1, -0.05) is 11.6 Å². The van der Waals surface area contributed by atoms with Crippen LogP contribution in [0.15, 0.2) is 36.4 Å². The van der Waals surface area contributed by atoms with E-state index in [1.165, 1.54) is 33.1 Å². The van der Waals surface area contributed by atoms with E-state index in [-0.39, 0.29) is 17.5 Å². The molecule has 0 atom stereocenters. The average Bonchev–Trinajstić information content (AvgIpc) is 3.13. The number of aromatic nitrogens is 3. The van der Waals surface area contributed by atoms with Crippen LogP contribution in [0.1, 0.15) is 21.3 Å². The van der Waals surface area contributed by atoms with Gasteiger partial charge in [-0.05, 0) is 43.3 Å². The molecule has 0 spiro atoms. The van der Waals surface area contributed by atoms with E-state index in [2.05, 4.69) is 10.1 Å². The maximum Gasteiger partial charge on any atom is 0.293 e. The first-order valence-electron chi connectivity index (χ1n) is 7.13. The van der Waals surface area contributed by atoms with Crippen LogP contribution in [-0.4, -0.2) is 32.6 Å². The Balaban J connectivity index is 1.80. The lowest BCUT2D eigenvalue weighted by molar-refractivity contribution is 0.0774. The summed E-state index contributed by atoms with van der Waals surface area (Å²) < 4.78 is 15.2. The van der Waals surface area contributed by atoms with Crippen molar-refractivity contribution in [1.82, 2.24) is 19.7 Å². The normalized spacial score (nSPS) is 10.8. The van der Waals surface area contributed by atoms with Crippen molar-refractivity contribution in [3.63, 3.8) is 0 Å². The first-order valence-corrected chi connectivity index (χ1v) is 8.33. The van der Waals surface area contributed by atoms with Gasteiger partial charge >= 0.3 is 0 Å². The van der Waals surface area contributed by atoms with Gasteiger partial charge < -0.3 is 4.90 Å². The Bertz CT molecular complexity index is 875. The van der Waals surface area contributed by atoms with Gasteiger partial charge in [-0.2, -0.15) is 0 Å². The zero-order valence-corrected chi connectivity index (χ0v) is 14.6. The van der Waals surface area contributed by atoms with Crippen LogP contribution in [0.25, 0.3) is 5.69 Å². The third-order valence-electron chi connectivity index (χ3n) is 3.40. The molecular weight excluding hydrogens is 351 g/mol. The number of rotatable bonds is 4. The largest absolute Gasteiger partial charge is 0.334 e. The van der Waals surface area contributed by atoms with E-state index >= 15 is 0 Å². The van der Waals surface area contributed by atoms with Crippen molar-refractivity contribution in [3.05, 3.63) is 63.1 Å². The average molecular weight is 365 g/mol. The number of hydrogen-bond acceptors (Lipinski definition) is 4. The van der Waals surface area contributed by atoms with E-state index in [0.717, 1.165) is 4.88 Å². The predicted molar refractivity (Wildman–Crippen MR) is 91.2 cm³/mol. The van der Waals surface area contributed by atoms with Gasteiger partial charge in [0.2, 0.25) is 5.82 Å². The number of thiophene rings is 1. The first kappa shape index (κ1) is 16.6. The van der Waals surface area contributed by atoms with E-state index in [1.807, 2.05) is 6.07 Å². The number of carbonyl (C=O) groups excluding carboxylic acids is 1. The fourth-order valence-corrected chi connectivity index (χ4v) is 3.36. The lowest BCUT2D eigenvalue weighted by atomic mass is 10.3. The molecule has 0 unspecified atom stereocenters. The number of carbonyl (C=O) groups is 1. The summed E-state index contributed by atoms with van der Waals surface area (Å²) in [4.78, 5) is 19.2. The second-order valence-electron chi connectivity index (χ2n) is 5.24. The molecule has 3 aromatic rings. The van der Waals surface area contributed by atoms with Gasteiger partial charge in [0.1, 0.15) is 11.6 Å². The number of aryl methyl sites for hydroxylation is 1. The van der Waals surface area contributed by atoms with Gasteiger partial charge in [-0.15, -0.1) is 16.4 Å². The van der Waals surface area contributed by atoms with E-state index < -0.39 is 0 Å². The number of benzene rings is 1. The van der Waals surface area contributed by atoms with E-state index in [0.29, 0.717) is 22.4 Å². The summed E-state index contributed by atoms with van der Waals surface area (Å²) in [6, 6.07) is 9.53. The van der Waals surface area contributed by atoms with Crippen molar-refractivity contribution in [3.8, 4) is 5.69 Å². The minimum Gasteiger partial charge on any atom is -0.334 e. The molecule has 0 bridgehead atoms. The highest BCUT2D eigenvalue weighted by Crippen LogP contribution is 2.22. The molecule has 0 saturated heterocycles. The zero-order valence-electron chi connectivity index (χ0n) is 13.0. The molecule has 8 heteroatoms. The summed E-state index contributed by atoms with van der Waals surface area (Å²) in [6.45, 7) is 2.17. The molecule has 0 saturated carbocycles. The molecule has 24 heavy (non-hydrogen) atoms. The van der Waals surface area contributed by atoms with Crippen molar-refractivity contribution >= 4 is 28.8 Å². The Kier molecular flexibility index (Phi) is 4.64. The predicted octanol–water partition coefficient (Wildman–Crippen LogP) is 3.70. The molecule has 2 heterocycles. The van der Waals surface area contributed by atoms with Gasteiger partial charge in [-0.3, -0.25) is 4.79 Å². The van der Waals surface area contributed by atoms with Crippen molar-refractivity contribution in [2.75, 3.05) is 7.05 Å². The molecule has 0 radical (unpaired) electrons. The summed E-state index contributed by atoms with van der Waals surface area (Å²) >= 11 is 7.33. The maximum absolute atomic E-state index is 13.0. The van der Waals surface area contributed by atoms with Gasteiger partial charge in [-0.25, -0.2) is 14.1 Å². The molecule has 124 valence electrons. The van der Waals surface area contributed by atoms with Crippen molar-refractivity contribution in [2.45, 2.75) is 13.5 Å². The Hall–Kier alpha value is -2.25. The Labute approximate surface area is 147 Å². The summed E-state index contributed by atoms with van der Waals surface area (Å²) in [5, 5.41) is 4.25. The van der Waals surface area contributed by atoms with Crippen LogP contribution in [0.5, 0.6) is 0 Å². The second-order valence-corrected chi connectivity index (χ2v) is 7.04. The summed E-state index contributed by atoms with van der Waals surface area (Å²) in [7, 11) is 1.68. The molecule has 5 nitrogen and oxygen atoms in total. The van der Waals surface area contributed by atoms with Gasteiger partial charge in [0.05, 0.1) is 16.6 Å². The number of hydrogen-bond donors (Lipinski definition) is 0. The number of nitrogens with zero attached hydrogens (tertiary/aromatic N) is 4. The van der Waals surface area contributed by atoms with Crippen LogP contribution >= 0.6 is 22.9 Å². The summed E-state index contributed by atoms with van der Waals surface area (Å²) in [5.74, 6) is 0.0325. The third-order valence-corrected chi connectivity index (χ3v) is 4.62. The van der Waals surface area contributed by atoms with Gasteiger partial charge in [0, 0.05) is 11.9 Å². The van der Waals surface area contributed by atoms with Crippen molar-refractivity contribution in [1.29, 1.82) is 0 Å². The standard InChI is InChI=1S/C16H14ClFN4OS/c1-10-19-15(20-22(10)12-5-3-11(18)4-6-12)16(23)21(2)9-13-7-8-14(17)24-13/h3-8H,9H2,1-2H3. The molecule has 0 fully saturated rings. The van der Waals surface area contributed by atoms with Crippen LogP contribution in [-0.2, 0) is 6.54 Å². The highest BCUT2D eigenvalue weighted by molar-refractivity contribution is 7.16. The molecule has 0 N–H and O–H groups in total. The quantitative estimate of drug-likeness (QED) is 0.709. The van der Waals surface area contributed by atoms with Gasteiger partial charge in [0.15, 0.2) is 0 Å². The molecule has 0 aliphatic carbocycles. The molecule has 0 aliphatic rings. The molecular formula is C16H14ClFN4OS. The highest BCUT2D eigenvalue weighted by atomic mass is 35.5. The zero-order chi connectivity index (χ0) is 17.3. The third kappa shape index (κ3) is 3.47. The minimum atomic E-state index is -0.331. The smallest absolute Gasteiger partial charge is 0.293 e. The Morgan fingerprint density at radius 2 is 2.00 bits per heavy atom. The van der Waals surface area contributed by atoms with Gasteiger partial charge in [0.25, 0.3) is 5.91 Å². The molecule has 1 amide bonds. The monoisotopic (exact) mass is 364 g/mol. The summed E-state index contributed by atoms with van der Waals surface area (Å²) in [5.41, 5.74) is 0.646. The van der Waals surface area contributed by atoms with Crippen LogP contribution in [0.3, 0.4) is 0 Å². The van der Waals surface area contributed by atoms with E-state index in [4.69, 9.17) is 11.6 Å². The van der Waals surface area contributed by atoms with Crippen LogP contribution in [0.2, 0.25) is 4.34 Å².